The van der Waals surface area contributed by atoms with Gasteiger partial charge in [0, 0.05) is 49.2 Å². The molecule has 0 saturated carbocycles. The molecule has 2 amide bonds. The number of aromatic nitrogens is 1. The van der Waals surface area contributed by atoms with Crippen LogP contribution >= 0.6 is 0 Å². The zero-order chi connectivity index (χ0) is 21.4. The first-order valence-electron chi connectivity index (χ1n) is 11.2. The van der Waals surface area contributed by atoms with Crippen LogP contribution < -0.4 is 15.8 Å². The summed E-state index contributed by atoms with van der Waals surface area (Å²) in [7, 11) is 0. The average Bonchev–Trinajstić information content (AvgIpc) is 3.43. The number of anilines is 1. The predicted molar refractivity (Wildman–Crippen MR) is 118 cm³/mol. The van der Waals surface area contributed by atoms with Gasteiger partial charge in [-0.25, -0.2) is 10.9 Å². The van der Waals surface area contributed by atoms with Crippen LogP contribution in [-0.2, 0) is 16.0 Å². The summed E-state index contributed by atoms with van der Waals surface area (Å²) in [5.74, 6) is 0.315. The molecule has 2 saturated heterocycles. The number of amides is 2. The van der Waals surface area contributed by atoms with E-state index in [0.29, 0.717) is 19.5 Å². The van der Waals surface area contributed by atoms with Gasteiger partial charge in [0.15, 0.2) is 0 Å². The summed E-state index contributed by atoms with van der Waals surface area (Å²) in [6.45, 7) is 3.39. The van der Waals surface area contributed by atoms with Crippen LogP contribution in [-0.4, -0.2) is 46.9 Å². The molecule has 1 aromatic heterocycles. The van der Waals surface area contributed by atoms with Gasteiger partial charge in [-0.3, -0.25) is 14.6 Å². The minimum Gasteiger partial charge on any atom is -0.341 e. The number of nitrogens with one attached hydrogen (secondary N) is 2. The highest BCUT2D eigenvalue weighted by Crippen LogP contribution is 2.34. The predicted octanol–water partition coefficient (Wildman–Crippen LogP) is 2.21. The summed E-state index contributed by atoms with van der Waals surface area (Å²) in [5, 5.41) is 0. The van der Waals surface area contributed by atoms with Crippen LogP contribution in [0.1, 0.15) is 43.4 Å². The Labute approximate surface area is 182 Å². The van der Waals surface area contributed by atoms with Gasteiger partial charge in [0.25, 0.3) is 0 Å². The van der Waals surface area contributed by atoms with E-state index in [-0.39, 0.29) is 35.9 Å². The standard InChI is InChI=1S/C24H29N5O2/c1-16-14-19-4-2-3-5-22(19)29(16)23(30)18-8-12-28(13-9-18)24(31)21-15-20(26-27-21)17-6-10-25-11-7-17/h2-7,10-11,16,18,20-21,26-27H,8-9,12-15H2,1H3. The van der Waals surface area contributed by atoms with Crippen molar-refractivity contribution in [3.05, 3.63) is 59.9 Å². The second kappa shape index (κ2) is 8.40. The lowest BCUT2D eigenvalue weighted by Crippen LogP contribution is -2.50. The number of fused-ring (bicyclic) bond motifs is 1. The van der Waals surface area contributed by atoms with E-state index in [1.165, 1.54) is 5.56 Å². The molecule has 3 atom stereocenters. The SMILES string of the molecule is CC1Cc2ccccc2N1C(=O)C1CCN(C(=O)C2CC(c3ccncc3)NN2)CC1. The molecule has 2 aromatic rings. The Morgan fingerprint density at radius 3 is 2.52 bits per heavy atom. The van der Waals surface area contributed by atoms with E-state index < -0.39 is 0 Å². The number of likely N-dealkylation sites (tertiary alicyclic amines) is 1. The van der Waals surface area contributed by atoms with Gasteiger partial charge in [-0.1, -0.05) is 18.2 Å². The van der Waals surface area contributed by atoms with Crippen molar-refractivity contribution in [1.29, 1.82) is 0 Å². The van der Waals surface area contributed by atoms with E-state index >= 15 is 0 Å². The van der Waals surface area contributed by atoms with Gasteiger partial charge in [-0.15, -0.1) is 0 Å². The fraction of sp³-hybridized carbons (Fsp3) is 0.458. The van der Waals surface area contributed by atoms with E-state index in [0.717, 1.165) is 30.5 Å². The third kappa shape index (κ3) is 3.83. The summed E-state index contributed by atoms with van der Waals surface area (Å²) in [6.07, 6.45) is 6.62. The van der Waals surface area contributed by atoms with E-state index in [2.05, 4.69) is 28.8 Å². The van der Waals surface area contributed by atoms with Crippen molar-refractivity contribution >= 4 is 17.5 Å². The Kier molecular flexibility index (Phi) is 5.46. The molecule has 0 spiro atoms. The first-order chi connectivity index (χ1) is 15.1. The molecular formula is C24H29N5O2. The lowest BCUT2D eigenvalue weighted by atomic mass is 9.94. The summed E-state index contributed by atoms with van der Waals surface area (Å²) in [6, 6.07) is 12.2. The van der Waals surface area contributed by atoms with Crippen molar-refractivity contribution in [3.8, 4) is 0 Å². The topological polar surface area (TPSA) is 77.6 Å². The third-order valence-electron chi connectivity index (χ3n) is 6.91. The zero-order valence-electron chi connectivity index (χ0n) is 17.8. The molecule has 31 heavy (non-hydrogen) atoms. The van der Waals surface area contributed by atoms with Gasteiger partial charge in [0.05, 0.1) is 0 Å². The van der Waals surface area contributed by atoms with Crippen LogP contribution in [0.5, 0.6) is 0 Å². The summed E-state index contributed by atoms with van der Waals surface area (Å²) in [5.41, 5.74) is 9.83. The van der Waals surface area contributed by atoms with E-state index in [1.54, 1.807) is 12.4 Å². The number of carbonyl (C=O) groups excluding carboxylic acids is 2. The molecule has 2 N–H and O–H groups in total. The van der Waals surface area contributed by atoms with Gasteiger partial charge in [0.2, 0.25) is 11.8 Å². The molecule has 2 fully saturated rings. The van der Waals surface area contributed by atoms with Gasteiger partial charge in [-0.2, -0.15) is 0 Å². The Bertz CT molecular complexity index is 957. The number of benzene rings is 1. The number of pyridine rings is 1. The maximum absolute atomic E-state index is 13.3. The highest BCUT2D eigenvalue weighted by Gasteiger charge is 2.38. The van der Waals surface area contributed by atoms with Crippen molar-refractivity contribution in [3.63, 3.8) is 0 Å². The monoisotopic (exact) mass is 419 g/mol. The fourth-order valence-electron chi connectivity index (χ4n) is 5.20. The Morgan fingerprint density at radius 1 is 1.00 bits per heavy atom. The molecule has 0 aliphatic carbocycles. The number of rotatable bonds is 3. The van der Waals surface area contributed by atoms with E-state index in [1.807, 2.05) is 40.1 Å². The molecule has 0 radical (unpaired) electrons. The van der Waals surface area contributed by atoms with Crippen LogP contribution in [0.15, 0.2) is 48.8 Å². The van der Waals surface area contributed by atoms with Gasteiger partial charge in [0.1, 0.15) is 6.04 Å². The zero-order valence-corrected chi connectivity index (χ0v) is 17.8. The largest absolute Gasteiger partial charge is 0.341 e. The van der Waals surface area contributed by atoms with Crippen LogP contribution in [0.2, 0.25) is 0 Å². The Hall–Kier alpha value is -2.77. The van der Waals surface area contributed by atoms with Crippen molar-refractivity contribution in [2.24, 2.45) is 5.92 Å². The summed E-state index contributed by atoms with van der Waals surface area (Å²) >= 11 is 0. The summed E-state index contributed by atoms with van der Waals surface area (Å²) in [4.78, 5) is 34.3. The van der Waals surface area contributed by atoms with Crippen molar-refractivity contribution in [1.82, 2.24) is 20.7 Å². The van der Waals surface area contributed by atoms with Gasteiger partial charge >= 0.3 is 0 Å². The van der Waals surface area contributed by atoms with Crippen LogP contribution in [0.3, 0.4) is 0 Å². The number of piperidine rings is 1. The maximum atomic E-state index is 13.3. The first-order valence-corrected chi connectivity index (χ1v) is 11.2. The molecule has 3 unspecified atom stereocenters. The molecule has 7 heteroatoms. The molecule has 162 valence electrons. The molecule has 3 aliphatic rings. The van der Waals surface area contributed by atoms with Crippen molar-refractivity contribution < 1.29 is 9.59 Å². The number of hydrogen-bond donors (Lipinski definition) is 2. The molecule has 7 nitrogen and oxygen atoms in total. The highest BCUT2D eigenvalue weighted by atomic mass is 16.2. The van der Waals surface area contributed by atoms with Crippen LogP contribution in [0, 0.1) is 5.92 Å². The van der Waals surface area contributed by atoms with Crippen molar-refractivity contribution in [2.75, 3.05) is 18.0 Å². The van der Waals surface area contributed by atoms with Gasteiger partial charge < -0.3 is 9.80 Å². The van der Waals surface area contributed by atoms with E-state index in [4.69, 9.17) is 0 Å². The number of carbonyl (C=O) groups is 2. The Morgan fingerprint density at radius 2 is 1.74 bits per heavy atom. The summed E-state index contributed by atoms with van der Waals surface area (Å²) < 4.78 is 0. The number of hydrogen-bond acceptors (Lipinski definition) is 5. The maximum Gasteiger partial charge on any atom is 0.241 e. The molecule has 1 aromatic carbocycles. The number of hydrazine groups is 1. The fourth-order valence-corrected chi connectivity index (χ4v) is 5.20. The smallest absolute Gasteiger partial charge is 0.241 e. The van der Waals surface area contributed by atoms with Crippen LogP contribution in [0.25, 0.3) is 0 Å². The average molecular weight is 420 g/mol. The quantitative estimate of drug-likeness (QED) is 0.798. The van der Waals surface area contributed by atoms with E-state index in [9.17, 15) is 9.59 Å². The highest BCUT2D eigenvalue weighted by molar-refractivity contribution is 5.97. The lowest BCUT2D eigenvalue weighted by Gasteiger charge is -2.35. The Balaban J connectivity index is 1.17. The molecule has 3 aliphatic heterocycles. The molecule has 5 rings (SSSR count). The lowest BCUT2D eigenvalue weighted by molar-refractivity contribution is -0.136. The molecular weight excluding hydrogens is 390 g/mol. The first kappa shape index (κ1) is 20.2. The van der Waals surface area contributed by atoms with Crippen LogP contribution in [0.4, 0.5) is 5.69 Å². The van der Waals surface area contributed by atoms with Gasteiger partial charge in [-0.05, 0) is 61.9 Å². The van der Waals surface area contributed by atoms with Crippen molar-refractivity contribution in [2.45, 2.75) is 50.7 Å². The second-order valence-corrected chi connectivity index (χ2v) is 8.90. The minimum absolute atomic E-state index is 0.0168. The number of nitrogens with zero attached hydrogens (tertiary/aromatic N) is 3. The molecule has 0 bridgehead atoms. The normalized spacial score (nSPS) is 26.2. The minimum atomic E-state index is -0.240. The second-order valence-electron chi connectivity index (χ2n) is 8.90. The third-order valence-corrected chi connectivity index (χ3v) is 6.91. The number of para-hydroxylation sites is 1. The molecule has 4 heterocycles.